The highest BCUT2D eigenvalue weighted by Gasteiger charge is 2.09. The first-order chi connectivity index (χ1) is 8.74. The summed E-state index contributed by atoms with van der Waals surface area (Å²) in [6, 6.07) is 8.24. The van der Waals surface area contributed by atoms with E-state index in [0.29, 0.717) is 18.4 Å². The predicted molar refractivity (Wildman–Crippen MR) is 68.8 cm³/mol. The van der Waals surface area contributed by atoms with Gasteiger partial charge in [0, 0.05) is 12.6 Å². The van der Waals surface area contributed by atoms with Gasteiger partial charge < -0.3 is 9.47 Å². The minimum absolute atomic E-state index is 0.491. The molecular weight excluding hydrogens is 230 g/mol. The largest absolute Gasteiger partial charge is 0.494 e. The van der Waals surface area contributed by atoms with Crippen molar-refractivity contribution < 1.29 is 9.47 Å². The number of nitrogens with zero attached hydrogens (tertiary/aromatic N) is 3. The lowest BCUT2D eigenvalue weighted by Crippen LogP contribution is -1.95. The number of hydrogen-bond acceptors (Lipinski definition) is 4. The Morgan fingerprint density at radius 1 is 1.33 bits per heavy atom. The molecule has 1 aromatic carbocycles. The van der Waals surface area contributed by atoms with Crippen molar-refractivity contribution in [3.63, 3.8) is 0 Å². The van der Waals surface area contributed by atoms with Crippen LogP contribution in [-0.4, -0.2) is 28.5 Å². The molecular formula is C13H17N3O2. The summed E-state index contributed by atoms with van der Waals surface area (Å²) in [6.07, 6.45) is 0.986. The number of hydrogen-bond donors (Lipinski definition) is 0. The van der Waals surface area contributed by atoms with Crippen LogP contribution in [0.4, 0.5) is 0 Å². The monoisotopic (exact) mass is 247 g/mol. The van der Waals surface area contributed by atoms with Crippen LogP contribution >= 0.6 is 0 Å². The van der Waals surface area contributed by atoms with Crippen LogP contribution in [0.25, 0.3) is 11.4 Å². The van der Waals surface area contributed by atoms with Crippen LogP contribution in [0.2, 0.25) is 0 Å². The molecule has 18 heavy (non-hydrogen) atoms. The molecule has 0 spiro atoms. The third-order valence-electron chi connectivity index (χ3n) is 2.47. The van der Waals surface area contributed by atoms with Crippen LogP contribution in [0.1, 0.15) is 13.3 Å². The van der Waals surface area contributed by atoms with Crippen LogP contribution in [0.5, 0.6) is 11.8 Å². The van der Waals surface area contributed by atoms with Gasteiger partial charge in [0.25, 0.3) is 0 Å². The average Bonchev–Trinajstić information content (AvgIpc) is 2.78. The lowest BCUT2D eigenvalue weighted by atomic mass is 10.2. The smallest absolute Gasteiger partial charge is 0.314 e. The van der Waals surface area contributed by atoms with Crippen molar-refractivity contribution in [1.29, 1.82) is 0 Å². The minimum atomic E-state index is 0.491. The summed E-state index contributed by atoms with van der Waals surface area (Å²) in [7, 11) is 3.38. The summed E-state index contributed by atoms with van der Waals surface area (Å²) in [5, 5.41) is 4.30. The van der Waals surface area contributed by atoms with E-state index >= 15 is 0 Å². The maximum Gasteiger partial charge on any atom is 0.314 e. The maximum absolute atomic E-state index is 5.59. The summed E-state index contributed by atoms with van der Waals surface area (Å²) in [4.78, 5) is 4.29. The van der Waals surface area contributed by atoms with Crippen LogP contribution in [0.3, 0.4) is 0 Å². The standard InChI is InChI=1S/C13H17N3O2/c1-4-8-18-11-7-5-6-10(9-11)12-14-13(17-3)16(2)15-12/h5-7,9H,4,8H2,1-3H3. The Kier molecular flexibility index (Phi) is 3.82. The highest BCUT2D eigenvalue weighted by atomic mass is 16.5. The number of methoxy groups -OCH3 is 1. The number of aromatic nitrogens is 3. The van der Waals surface area contributed by atoms with Gasteiger partial charge >= 0.3 is 6.01 Å². The maximum atomic E-state index is 5.59. The lowest BCUT2D eigenvalue weighted by Gasteiger charge is -2.04. The summed E-state index contributed by atoms with van der Waals surface area (Å²) in [5.41, 5.74) is 0.919. The van der Waals surface area contributed by atoms with Gasteiger partial charge in [0.05, 0.1) is 13.7 Å². The quantitative estimate of drug-likeness (QED) is 0.813. The van der Waals surface area contributed by atoms with Gasteiger partial charge in [-0.25, -0.2) is 4.68 Å². The molecule has 0 unspecified atom stereocenters. The molecule has 0 saturated carbocycles. The molecule has 5 heteroatoms. The molecule has 0 aliphatic heterocycles. The molecule has 0 aliphatic rings. The Balaban J connectivity index is 2.26. The zero-order chi connectivity index (χ0) is 13.0. The SMILES string of the molecule is CCCOc1cccc(-c2nc(OC)n(C)n2)c1. The average molecular weight is 247 g/mol. The molecule has 1 aromatic heterocycles. The lowest BCUT2D eigenvalue weighted by molar-refractivity contribution is 0.317. The van der Waals surface area contributed by atoms with Crippen molar-refractivity contribution in [2.24, 2.45) is 7.05 Å². The Bertz CT molecular complexity index is 523. The number of benzene rings is 1. The Hall–Kier alpha value is -2.04. The van der Waals surface area contributed by atoms with E-state index in [2.05, 4.69) is 17.0 Å². The van der Waals surface area contributed by atoms with Gasteiger partial charge in [-0.05, 0) is 18.6 Å². The Labute approximate surface area is 106 Å². The molecule has 5 nitrogen and oxygen atoms in total. The normalized spacial score (nSPS) is 10.4. The van der Waals surface area contributed by atoms with Crippen molar-refractivity contribution in [1.82, 2.24) is 14.8 Å². The van der Waals surface area contributed by atoms with Crippen molar-refractivity contribution >= 4 is 0 Å². The van der Waals surface area contributed by atoms with Gasteiger partial charge in [-0.3, -0.25) is 0 Å². The predicted octanol–water partition coefficient (Wildman–Crippen LogP) is 2.28. The van der Waals surface area contributed by atoms with E-state index in [0.717, 1.165) is 17.7 Å². The van der Waals surface area contributed by atoms with Gasteiger partial charge in [0.2, 0.25) is 0 Å². The van der Waals surface area contributed by atoms with Gasteiger partial charge in [-0.15, -0.1) is 5.10 Å². The first-order valence-electron chi connectivity index (χ1n) is 5.93. The van der Waals surface area contributed by atoms with Gasteiger partial charge in [0.1, 0.15) is 5.75 Å². The molecule has 0 bridgehead atoms. The van der Waals surface area contributed by atoms with Crippen LogP contribution in [0.15, 0.2) is 24.3 Å². The van der Waals surface area contributed by atoms with Crippen LogP contribution < -0.4 is 9.47 Å². The van der Waals surface area contributed by atoms with E-state index in [-0.39, 0.29) is 0 Å². The van der Waals surface area contributed by atoms with E-state index in [1.54, 1.807) is 18.8 Å². The molecule has 0 radical (unpaired) electrons. The van der Waals surface area contributed by atoms with Crippen molar-refractivity contribution in [3.8, 4) is 23.1 Å². The fourth-order valence-electron chi connectivity index (χ4n) is 1.62. The third-order valence-corrected chi connectivity index (χ3v) is 2.47. The molecule has 0 amide bonds. The van der Waals surface area contributed by atoms with E-state index in [1.807, 2.05) is 24.3 Å². The second-order valence-corrected chi connectivity index (χ2v) is 3.92. The van der Waals surface area contributed by atoms with E-state index in [1.165, 1.54) is 0 Å². The van der Waals surface area contributed by atoms with Crippen molar-refractivity contribution in [2.75, 3.05) is 13.7 Å². The first kappa shape index (κ1) is 12.4. The molecule has 0 atom stereocenters. The fourth-order valence-corrected chi connectivity index (χ4v) is 1.62. The van der Waals surface area contributed by atoms with Crippen LogP contribution in [-0.2, 0) is 7.05 Å². The minimum Gasteiger partial charge on any atom is -0.494 e. The topological polar surface area (TPSA) is 49.2 Å². The van der Waals surface area contributed by atoms with Crippen molar-refractivity contribution in [3.05, 3.63) is 24.3 Å². The van der Waals surface area contributed by atoms with Gasteiger partial charge in [0.15, 0.2) is 5.82 Å². The summed E-state index contributed by atoms with van der Waals surface area (Å²) in [6.45, 7) is 2.79. The fraction of sp³-hybridized carbons (Fsp3) is 0.385. The second kappa shape index (κ2) is 5.53. The van der Waals surface area contributed by atoms with E-state index in [4.69, 9.17) is 9.47 Å². The van der Waals surface area contributed by atoms with Crippen molar-refractivity contribution in [2.45, 2.75) is 13.3 Å². The zero-order valence-electron chi connectivity index (χ0n) is 10.9. The Morgan fingerprint density at radius 2 is 2.17 bits per heavy atom. The van der Waals surface area contributed by atoms with Gasteiger partial charge in [-0.1, -0.05) is 19.1 Å². The zero-order valence-corrected chi connectivity index (χ0v) is 10.9. The molecule has 96 valence electrons. The Morgan fingerprint density at radius 3 is 2.83 bits per heavy atom. The molecule has 0 saturated heterocycles. The summed E-state index contributed by atoms with van der Waals surface area (Å²) < 4.78 is 12.3. The number of ether oxygens (including phenoxy) is 2. The van der Waals surface area contributed by atoms with Gasteiger partial charge in [-0.2, -0.15) is 4.98 Å². The summed E-state index contributed by atoms with van der Waals surface area (Å²) >= 11 is 0. The second-order valence-electron chi connectivity index (χ2n) is 3.92. The highest BCUT2D eigenvalue weighted by Crippen LogP contribution is 2.22. The third kappa shape index (κ3) is 2.61. The highest BCUT2D eigenvalue weighted by molar-refractivity contribution is 5.57. The van der Waals surface area contributed by atoms with E-state index in [9.17, 15) is 0 Å². The first-order valence-corrected chi connectivity index (χ1v) is 5.93. The number of rotatable bonds is 5. The molecule has 1 heterocycles. The molecule has 0 aliphatic carbocycles. The van der Waals surface area contributed by atoms with E-state index < -0.39 is 0 Å². The molecule has 0 N–H and O–H groups in total. The number of aryl methyl sites for hydroxylation is 1. The molecule has 2 aromatic rings. The molecule has 2 rings (SSSR count). The van der Waals surface area contributed by atoms with Crippen LogP contribution in [0, 0.1) is 0 Å². The molecule has 0 fully saturated rings. The summed E-state index contributed by atoms with van der Waals surface area (Å²) in [5.74, 6) is 1.47.